The van der Waals surface area contributed by atoms with E-state index in [9.17, 15) is 9.59 Å². The number of hydrogen-bond acceptors (Lipinski definition) is 2. The molecule has 1 aliphatic rings. The van der Waals surface area contributed by atoms with Crippen LogP contribution < -0.4 is 5.32 Å². The van der Waals surface area contributed by atoms with Crippen molar-refractivity contribution in [2.45, 2.75) is 32.4 Å². The highest BCUT2D eigenvalue weighted by Gasteiger charge is 2.27. The van der Waals surface area contributed by atoms with Crippen LogP contribution in [0.4, 0.5) is 4.79 Å². The Morgan fingerprint density at radius 2 is 1.90 bits per heavy atom. The summed E-state index contributed by atoms with van der Waals surface area (Å²) < 4.78 is 0. The summed E-state index contributed by atoms with van der Waals surface area (Å²) in [6, 6.07) is 6.80. The first-order valence-electron chi connectivity index (χ1n) is 6.79. The van der Waals surface area contributed by atoms with Crippen molar-refractivity contribution < 1.29 is 14.7 Å². The van der Waals surface area contributed by atoms with Gasteiger partial charge in [-0.3, -0.25) is 0 Å². The first kappa shape index (κ1) is 14.4. The van der Waals surface area contributed by atoms with Crippen LogP contribution in [0.1, 0.15) is 35.7 Å². The van der Waals surface area contributed by atoms with Crippen LogP contribution in [-0.2, 0) is 6.54 Å². The van der Waals surface area contributed by atoms with Crippen molar-refractivity contribution in [3.8, 4) is 0 Å². The van der Waals surface area contributed by atoms with Crippen LogP contribution in [0, 0.1) is 5.92 Å². The number of carboxylic acid groups (broad SMARTS) is 1. The lowest BCUT2D eigenvalue weighted by atomic mass is 9.82. The topological polar surface area (TPSA) is 69.6 Å². The van der Waals surface area contributed by atoms with E-state index in [1.54, 1.807) is 36.2 Å². The van der Waals surface area contributed by atoms with Gasteiger partial charge in [0.2, 0.25) is 0 Å². The van der Waals surface area contributed by atoms with Crippen LogP contribution in [0.5, 0.6) is 0 Å². The molecule has 1 fully saturated rings. The van der Waals surface area contributed by atoms with Crippen molar-refractivity contribution in [1.29, 1.82) is 0 Å². The number of benzene rings is 1. The van der Waals surface area contributed by atoms with Crippen LogP contribution in [0.2, 0.25) is 0 Å². The van der Waals surface area contributed by atoms with Gasteiger partial charge in [-0.2, -0.15) is 0 Å². The van der Waals surface area contributed by atoms with E-state index in [1.165, 1.54) is 0 Å². The quantitative estimate of drug-likeness (QED) is 0.886. The number of amides is 2. The lowest BCUT2D eigenvalue weighted by Crippen LogP contribution is -2.48. The van der Waals surface area contributed by atoms with Gasteiger partial charge in [0, 0.05) is 19.6 Å². The second kappa shape index (κ2) is 5.94. The van der Waals surface area contributed by atoms with Crippen molar-refractivity contribution in [2.24, 2.45) is 5.92 Å². The van der Waals surface area contributed by atoms with Crippen molar-refractivity contribution >= 4 is 12.0 Å². The third kappa shape index (κ3) is 3.50. The zero-order valence-electron chi connectivity index (χ0n) is 11.8. The van der Waals surface area contributed by atoms with Gasteiger partial charge in [0.1, 0.15) is 0 Å². The van der Waals surface area contributed by atoms with Crippen molar-refractivity contribution in [1.82, 2.24) is 10.2 Å². The summed E-state index contributed by atoms with van der Waals surface area (Å²) in [6.07, 6.45) is 2.10. The zero-order valence-corrected chi connectivity index (χ0v) is 11.8. The van der Waals surface area contributed by atoms with E-state index in [2.05, 4.69) is 12.2 Å². The Balaban J connectivity index is 1.85. The molecule has 1 aromatic rings. The maximum absolute atomic E-state index is 12.0. The van der Waals surface area contributed by atoms with Crippen molar-refractivity contribution in [3.63, 3.8) is 0 Å². The summed E-state index contributed by atoms with van der Waals surface area (Å²) >= 11 is 0. The van der Waals surface area contributed by atoms with E-state index < -0.39 is 5.97 Å². The molecule has 0 atom stereocenters. The third-order valence-electron chi connectivity index (χ3n) is 3.67. The number of carboxylic acids is 1. The second-order valence-corrected chi connectivity index (χ2v) is 5.58. The first-order chi connectivity index (χ1) is 9.45. The fourth-order valence-electron chi connectivity index (χ4n) is 2.40. The normalized spacial score (nSPS) is 20.9. The van der Waals surface area contributed by atoms with E-state index >= 15 is 0 Å². The molecule has 0 saturated heterocycles. The Morgan fingerprint density at radius 3 is 2.40 bits per heavy atom. The van der Waals surface area contributed by atoms with E-state index in [0.717, 1.165) is 18.4 Å². The third-order valence-corrected chi connectivity index (χ3v) is 3.67. The van der Waals surface area contributed by atoms with Crippen LogP contribution >= 0.6 is 0 Å². The minimum absolute atomic E-state index is 0.0794. The molecular formula is C15H20N2O3. The van der Waals surface area contributed by atoms with Crippen molar-refractivity contribution in [3.05, 3.63) is 35.4 Å². The fraction of sp³-hybridized carbons (Fsp3) is 0.467. The predicted octanol–water partition coefficient (Wildman–Crippen LogP) is 2.32. The van der Waals surface area contributed by atoms with E-state index in [1.807, 2.05) is 0 Å². The van der Waals surface area contributed by atoms with Gasteiger partial charge in [-0.1, -0.05) is 19.1 Å². The Morgan fingerprint density at radius 1 is 1.30 bits per heavy atom. The molecule has 108 valence electrons. The first-order valence-corrected chi connectivity index (χ1v) is 6.79. The number of aromatic carboxylic acids is 1. The molecular weight excluding hydrogens is 256 g/mol. The molecule has 0 unspecified atom stereocenters. The number of urea groups is 1. The number of nitrogens with zero attached hydrogens (tertiary/aromatic N) is 1. The zero-order chi connectivity index (χ0) is 14.7. The molecule has 0 spiro atoms. The largest absolute Gasteiger partial charge is 0.478 e. The van der Waals surface area contributed by atoms with Gasteiger partial charge in [0.15, 0.2) is 0 Å². The van der Waals surface area contributed by atoms with Crippen LogP contribution in [0.3, 0.4) is 0 Å². The molecule has 1 aromatic carbocycles. The molecule has 1 saturated carbocycles. The van der Waals surface area contributed by atoms with Gasteiger partial charge < -0.3 is 15.3 Å². The molecule has 5 heteroatoms. The SMILES string of the molecule is CC1CC(NC(=O)N(C)Cc2ccc(C(=O)O)cc2)C1. The van der Waals surface area contributed by atoms with Gasteiger partial charge in [-0.15, -0.1) is 0 Å². The molecule has 0 radical (unpaired) electrons. The van der Waals surface area contributed by atoms with Gasteiger partial charge >= 0.3 is 12.0 Å². The summed E-state index contributed by atoms with van der Waals surface area (Å²) in [7, 11) is 1.74. The highest BCUT2D eigenvalue weighted by atomic mass is 16.4. The van der Waals surface area contributed by atoms with Crippen molar-refractivity contribution in [2.75, 3.05) is 7.05 Å². The molecule has 1 aliphatic carbocycles. The lowest BCUT2D eigenvalue weighted by molar-refractivity contribution is 0.0697. The highest BCUT2D eigenvalue weighted by molar-refractivity contribution is 5.87. The molecule has 0 bridgehead atoms. The van der Waals surface area contributed by atoms with Gasteiger partial charge in [-0.25, -0.2) is 9.59 Å². The van der Waals surface area contributed by atoms with E-state index in [-0.39, 0.29) is 11.6 Å². The van der Waals surface area contributed by atoms with Gasteiger partial charge in [-0.05, 0) is 36.5 Å². The summed E-state index contributed by atoms with van der Waals surface area (Å²) in [5.74, 6) is -0.240. The maximum atomic E-state index is 12.0. The molecule has 0 aromatic heterocycles. The standard InChI is InChI=1S/C15H20N2O3/c1-10-7-13(8-10)16-15(20)17(2)9-11-3-5-12(6-4-11)14(18)19/h3-6,10,13H,7-9H2,1-2H3,(H,16,20)(H,18,19). The average molecular weight is 276 g/mol. The van der Waals surface area contributed by atoms with Crippen LogP contribution in [0.25, 0.3) is 0 Å². The molecule has 0 aliphatic heterocycles. The smallest absolute Gasteiger partial charge is 0.335 e. The average Bonchev–Trinajstić information content (AvgIpc) is 2.37. The molecule has 2 amide bonds. The number of nitrogens with one attached hydrogen (secondary N) is 1. The van der Waals surface area contributed by atoms with E-state index in [0.29, 0.717) is 18.5 Å². The van der Waals surface area contributed by atoms with Crippen LogP contribution in [0.15, 0.2) is 24.3 Å². The Hall–Kier alpha value is -2.04. The Labute approximate surface area is 118 Å². The van der Waals surface area contributed by atoms with E-state index in [4.69, 9.17) is 5.11 Å². The lowest BCUT2D eigenvalue weighted by Gasteiger charge is -2.34. The second-order valence-electron chi connectivity index (χ2n) is 5.58. The summed E-state index contributed by atoms with van der Waals surface area (Å²) in [5, 5.41) is 11.8. The summed E-state index contributed by atoms with van der Waals surface area (Å²) in [6.45, 7) is 2.64. The number of carbonyl (C=O) groups excluding carboxylic acids is 1. The highest BCUT2D eigenvalue weighted by Crippen LogP contribution is 2.26. The summed E-state index contributed by atoms with van der Waals surface area (Å²) in [4.78, 5) is 24.3. The number of rotatable bonds is 4. The number of carbonyl (C=O) groups is 2. The molecule has 20 heavy (non-hydrogen) atoms. The molecule has 0 heterocycles. The molecule has 5 nitrogen and oxygen atoms in total. The van der Waals surface area contributed by atoms with Gasteiger partial charge in [0.05, 0.1) is 5.56 Å². The Bertz CT molecular complexity index is 492. The molecule has 2 rings (SSSR count). The fourth-order valence-corrected chi connectivity index (χ4v) is 2.40. The van der Waals surface area contributed by atoms with Crippen LogP contribution in [-0.4, -0.2) is 35.1 Å². The Kier molecular flexibility index (Phi) is 4.27. The van der Waals surface area contributed by atoms with Gasteiger partial charge in [0.25, 0.3) is 0 Å². The minimum atomic E-state index is -0.943. The predicted molar refractivity (Wildman–Crippen MR) is 75.6 cm³/mol. The number of hydrogen-bond donors (Lipinski definition) is 2. The summed E-state index contributed by atoms with van der Waals surface area (Å²) in [5.41, 5.74) is 1.17. The molecule has 2 N–H and O–H groups in total. The maximum Gasteiger partial charge on any atom is 0.335 e. The minimum Gasteiger partial charge on any atom is -0.478 e. The monoisotopic (exact) mass is 276 g/mol.